The molecule has 0 unspecified atom stereocenters. The molecular formula is C24H23BrCl2N2O3S. The van der Waals surface area contributed by atoms with E-state index in [0.29, 0.717) is 21.3 Å². The van der Waals surface area contributed by atoms with Gasteiger partial charge in [-0.3, -0.25) is 4.79 Å². The number of carbonyl (C=O) groups is 1. The molecule has 0 fully saturated rings. The Morgan fingerprint density at radius 1 is 0.939 bits per heavy atom. The Labute approximate surface area is 212 Å². The average Bonchev–Trinajstić information content (AvgIpc) is 2.73. The molecule has 5 nitrogen and oxygen atoms in total. The van der Waals surface area contributed by atoms with E-state index in [-0.39, 0.29) is 18.0 Å². The smallest absolute Gasteiger partial charge is 0.243 e. The van der Waals surface area contributed by atoms with E-state index in [1.807, 2.05) is 32.9 Å². The van der Waals surface area contributed by atoms with E-state index in [0.717, 1.165) is 25.5 Å². The molecule has 0 heterocycles. The summed E-state index contributed by atoms with van der Waals surface area (Å²) in [4.78, 5) is 13.1. The molecule has 0 bridgehead atoms. The van der Waals surface area contributed by atoms with Crippen molar-refractivity contribution in [1.82, 2.24) is 4.31 Å². The number of rotatable bonds is 7. The fourth-order valence-corrected chi connectivity index (χ4v) is 5.51. The number of hydrogen-bond acceptors (Lipinski definition) is 3. The molecule has 3 rings (SSSR count). The van der Waals surface area contributed by atoms with Gasteiger partial charge in [-0.25, -0.2) is 8.42 Å². The van der Waals surface area contributed by atoms with Gasteiger partial charge in [0.25, 0.3) is 0 Å². The van der Waals surface area contributed by atoms with Crippen LogP contribution >= 0.6 is 39.1 Å². The molecule has 3 aromatic carbocycles. The monoisotopic (exact) mass is 568 g/mol. The predicted octanol–water partition coefficient (Wildman–Crippen LogP) is 6.51. The highest BCUT2D eigenvalue weighted by Gasteiger charge is 2.27. The van der Waals surface area contributed by atoms with E-state index in [1.165, 1.54) is 12.1 Å². The Bertz CT molecular complexity index is 1270. The standard InChI is InChI=1S/C24H23BrCl2N2O3S/c1-15-10-16(2)24(17(3)11-15)28-23(30)14-29(13-18-4-9-21(26)22(27)12-18)33(31,32)20-7-5-19(25)6-8-20/h4-12H,13-14H2,1-3H3,(H,28,30). The first-order valence-corrected chi connectivity index (χ1v) is 13.0. The Kier molecular flexibility index (Phi) is 8.24. The molecule has 0 aliphatic carbocycles. The quantitative estimate of drug-likeness (QED) is 0.352. The second kappa shape index (κ2) is 10.6. The minimum Gasteiger partial charge on any atom is -0.324 e. The number of nitrogens with one attached hydrogen (secondary N) is 1. The van der Waals surface area contributed by atoms with Crippen LogP contribution in [0.4, 0.5) is 5.69 Å². The van der Waals surface area contributed by atoms with Gasteiger partial charge in [0.15, 0.2) is 0 Å². The van der Waals surface area contributed by atoms with Gasteiger partial charge in [-0.1, -0.05) is 62.9 Å². The van der Waals surface area contributed by atoms with Crippen LogP contribution in [0.1, 0.15) is 22.3 Å². The second-order valence-corrected chi connectivity index (χ2v) is 11.5. The van der Waals surface area contributed by atoms with Crippen molar-refractivity contribution in [3.8, 4) is 0 Å². The van der Waals surface area contributed by atoms with Gasteiger partial charge >= 0.3 is 0 Å². The summed E-state index contributed by atoms with van der Waals surface area (Å²) in [7, 11) is -3.98. The van der Waals surface area contributed by atoms with Crippen LogP contribution in [0.15, 0.2) is 64.0 Å². The lowest BCUT2D eigenvalue weighted by molar-refractivity contribution is -0.116. The molecule has 33 heavy (non-hydrogen) atoms. The maximum Gasteiger partial charge on any atom is 0.243 e. The first-order chi connectivity index (χ1) is 15.5. The van der Waals surface area contributed by atoms with Crippen LogP contribution in [-0.4, -0.2) is 25.2 Å². The zero-order valence-corrected chi connectivity index (χ0v) is 22.2. The number of sulfonamides is 1. The zero-order chi connectivity index (χ0) is 24.3. The van der Waals surface area contributed by atoms with Crippen molar-refractivity contribution in [2.45, 2.75) is 32.2 Å². The molecule has 1 amide bonds. The van der Waals surface area contributed by atoms with Gasteiger partial charge in [-0.2, -0.15) is 4.31 Å². The highest BCUT2D eigenvalue weighted by Crippen LogP contribution is 2.26. The van der Waals surface area contributed by atoms with Crippen LogP contribution in [0.2, 0.25) is 10.0 Å². The first kappa shape index (κ1) is 25.7. The molecule has 0 atom stereocenters. The van der Waals surface area contributed by atoms with Crippen molar-refractivity contribution >= 4 is 60.7 Å². The third-order valence-corrected chi connectivity index (χ3v) is 8.13. The summed E-state index contributed by atoms with van der Waals surface area (Å²) < 4.78 is 28.8. The number of aryl methyl sites for hydroxylation is 3. The molecular weight excluding hydrogens is 547 g/mol. The SMILES string of the molecule is Cc1cc(C)c(NC(=O)CN(Cc2ccc(Cl)c(Cl)c2)S(=O)(=O)c2ccc(Br)cc2)c(C)c1. The second-order valence-electron chi connectivity index (χ2n) is 7.80. The molecule has 0 radical (unpaired) electrons. The Hall–Kier alpha value is -1.90. The van der Waals surface area contributed by atoms with Crippen molar-refractivity contribution in [1.29, 1.82) is 0 Å². The molecule has 3 aromatic rings. The average molecular weight is 570 g/mol. The lowest BCUT2D eigenvalue weighted by Gasteiger charge is -2.23. The van der Waals surface area contributed by atoms with Crippen molar-refractivity contribution < 1.29 is 13.2 Å². The van der Waals surface area contributed by atoms with E-state index in [4.69, 9.17) is 23.2 Å². The van der Waals surface area contributed by atoms with E-state index in [2.05, 4.69) is 21.2 Å². The first-order valence-electron chi connectivity index (χ1n) is 10.0. The molecule has 1 N–H and O–H groups in total. The third kappa shape index (κ3) is 6.37. The van der Waals surface area contributed by atoms with E-state index in [9.17, 15) is 13.2 Å². The number of carbonyl (C=O) groups excluding carboxylic acids is 1. The van der Waals surface area contributed by atoms with Crippen LogP contribution < -0.4 is 5.32 Å². The summed E-state index contributed by atoms with van der Waals surface area (Å²) in [5.74, 6) is -0.439. The van der Waals surface area contributed by atoms with Crippen LogP contribution in [0.3, 0.4) is 0 Å². The molecule has 0 spiro atoms. The number of hydrogen-bond donors (Lipinski definition) is 1. The summed E-state index contributed by atoms with van der Waals surface area (Å²) in [6, 6.07) is 15.1. The Morgan fingerprint density at radius 2 is 1.55 bits per heavy atom. The zero-order valence-electron chi connectivity index (χ0n) is 18.3. The molecule has 174 valence electrons. The minimum atomic E-state index is -3.98. The largest absolute Gasteiger partial charge is 0.324 e. The normalized spacial score (nSPS) is 11.6. The van der Waals surface area contributed by atoms with Gasteiger partial charge < -0.3 is 5.32 Å². The number of nitrogens with zero attached hydrogens (tertiary/aromatic N) is 1. The molecule has 9 heteroatoms. The van der Waals surface area contributed by atoms with Gasteiger partial charge in [0.05, 0.1) is 21.5 Å². The maximum atomic E-state index is 13.4. The van der Waals surface area contributed by atoms with E-state index < -0.39 is 15.9 Å². The third-order valence-electron chi connectivity index (χ3n) is 5.06. The predicted molar refractivity (Wildman–Crippen MR) is 137 cm³/mol. The van der Waals surface area contributed by atoms with Gasteiger partial charge in [0, 0.05) is 16.7 Å². The summed E-state index contributed by atoms with van der Waals surface area (Å²) in [5.41, 5.74) is 4.20. The van der Waals surface area contributed by atoms with Crippen LogP contribution in [0, 0.1) is 20.8 Å². The number of anilines is 1. The summed E-state index contributed by atoms with van der Waals surface area (Å²) in [6.07, 6.45) is 0. The molecule has 0 saturated heterocycles. The summed E-state index contributed by atoms with van der Waals surface area (Å²) >= 11 is 15.4. The number of benzene rings is 3. The minimum absolute atomic E-state index is 0.0471. The Balaban J connectivity index is 1.93. The van der Waals surface area contributed by atoms with Crippen molar-refractivity contribution in [2.75, 3.05) is 11.9 Å². The molecule has 0 saturated carbocycles. The van der Waals surface area contributed by atoms with Gasteiger partial charge in [-0.15, -0.1) is 0 Å². The fourth-order valence-electron chi connectivity index (χ4n) is 3.54. The highest BCUT2D eigenvalue weighted by molar-refractivity contribution is 9.10. The highest BCUT2D eigenvalue weighted by atomic mass is 79.9. The topological polar surface area (TPSA) is 66.5 Å². The number of halogens is 3. The fraction of sp³-hybridized carbons (Fsp3) is 0.208. The maximum absolute atomic E-state index is 13.4. The van der Waals surface area contributed by atoms with Crippen LogP contribution in [0.25, 0.3) is 0 Å². The molecule has 0 aliphatic rings. The van der Waals surface area contributed by atoms with Gasteiger partial charge in [-0.05, 0) is 73.9 Å². The lowest BCUT2D eigenvalue weighted by Crippen LogP contribution is -2.37. The van der Waals surface area contributed by atoms with E-state index in [1.54, 1.807) is 30.3 Å². The molecule has 0 aromatic heterocycles. The summed E-state index contributed by atoms with van der Waals surface area (Å²) in [5, 5.41) is 3.55. The van der Waals surface area contributed by atoms with Crippen LogP contribution in [0.5, 0.6) is 0 Å². The molecule has 0 aliphatic heterocycles. The Morgan fingerprint density at radius 3 is 2.12 bits per heavy atom. The van der Waals surface area contributed by atoms with Gasteiger partial charge in [0.1, 0.15) is 0 Å². The van der Waals surface area contributed by atoms with E-state index >= 15 is 0 Å². The van der Waals surface area contributed by atoms with Gasteiger partial charge in [0.2, 0.25) is 15.9 Å². The van der Waals surface area contributed by atoms with Crippen molar-refractivity contribution in [3.05, 3.63) is 91.4 Å². The van der Waals surface area contributed by atoms with Crippen molar-refractivity contribution in [2.24, 2.45) is 0 Å². The number of amides is 1. The van der Waals surface area contributed by atoms with Crippen LogP contribution in [-0.2, 0) is 21.4 Å². The lowest BCUT2D eigenvalue weighted by atomic mass is 10.1. The summed E-state index contributed by atoms with van der Waals surface area (Å²) in [6.45, 7) is 5.37. The van der Waals surface area contributed by atoms with Crippen molar-refractivity contribution in [3.63, 3.8) is 0 Å².